The zero-order valence-corrected chi connectivity index (χ0v) is 7.78. The van der Waals surface area contributed by atoms with E-state index in [1.165, 1.54) is 0 Å². The lowest BCUT2D eigenvalue weighted by Gasteiger charge is -2.10. The van der Waals surface area contributed by atoms with Crippen LogP contribution in [-0.2, 0) is 6.42 Å². The third-order valence-electron chi connectivity index (χ3n) is 1.95. The second-order valence-electron chi connectivity index (χ2n) is 3.09. The summed E-state index contributed by atoms with van der Waals surface area (Å²) in [6.45, 7) is -0.848. The molecule has 0 heterocycles. The van der Waals surface area contributed by atoms with Gasteiger partial charge in [0.25, 0.3) is 0 Å². The minimum absolute atomic E-state index is 0.848. The monoisotopic (exact) mass is 242 g/mol. The molecule has 1 atom stereocenters. The van der Waals surface area contributed by atoms with Crippen molar-refractivity contribution in [2.24, 2.45) is 0 Å². The van der Waals surface area contributed by atoms with E-state index in [4.69, 9.17) is 10.2 Å². The van der Waals surface area contributed by atoms with Crippen LogP contribution in [0.5, 0.6) is 0 Å². The Morgan fingerprint density at radius 2 is 1.19 bits per heavy atom. The van der Waals surface area contributed by atoms with Gasteiger partial charge in [-0.05, 0) is 0 Å². The number of aliphatic hydroxyl groups is 2. The second-order valence-corrected chi connectivity index (χ2v) is 3.09. The fourth-order valence-electron chi connectivity index (χ4n) is 1.13. The van der Waals surface area contributed by atoms with Gasteiger partial charge in [0.1, 0.15) is 0 Å². The molecule has 2 N–H and O–H groups in total. The third-order valence-corrected chi connectivity index (χ3v) is 1.95. The predicted octanol–water partition coefficient (Wildman–Crippen LogP) is 1.28. The Kier molecular flexibility index (Phi) is 3.82. The molecule has 0 bridgehead atoms. The van der Waals surface area contributed by atoms with Crippen LogP contribution in [0.1, 0.15) is 5.56 Å². The Bertz CT molecular complexity index is 378. The molecule has 90 valence electrons. The SMILES string of the molecule is OC[C@@H](O)Cc1c(F)c(F)c(F)c(F)c1F. The second kappa shape index (κ2) is 4.75. The maximum Gasteiger partial charge on any atom is 0.200 e. The number of rotatable bonds is 3. The van der Waals surface area contributed by atoms with E-state index in [2.05, 4.69) is 0 Å². The van der Waals surface area contributed by atoms with Crippen LogP contribution in [0.3, 0.4) is 0 Å². The predicted molar refractivity (Wildman–Crippen MR) is 43.0 cm³/mol. The molecule has 1 rings (SSSR count). The standard InChI is InChI=1S/C9H7F5O2/c10-5-4(1-3(16)2-15)6(11)8(13)9(14)7(5)12/h3,15-16H,1-2H2/t3-/m0/s1. The van der Waals surface area contributed by atoms with Crippen LogP contribution in [-0.4, -0.2) is 22.9 Å². The molecule has 0 aliphatic rings. The van der Waals surface area contributed by atoms with Gasteiger partial charge in [0.15, 0.2) is 23.3 Å². The van der Waals surface area contributed by atoms with Gasteiger partial charge in [0.2, 0.25) is 5.82 Å². The Morgan fingerprint density at radius 1 is 0.812 bits per heavy atom. The topological polar surface area (TPSA) is 40.5 Å². The molecule has 0 amide bonds. The zero-order chi connectivity index (χ0) is 12.5. The molecule has 0 unspecified atom stereocenters. The summed E-state index contributed by atoms with van der Waals surface area (Å²) >= 11 is 0. The van der Waals surface area contributed by atoms with Crippen LogP contribution in [0.25, 0.3) is 0 Å². The smallest absolute Gasteiger partial charge is 0.200 e. The first-order valence-electron chi connectivity index (χ1n) is 4.19. The molecule has 1 aromatic rings. The van der Waals surface area contributed by atoms with Crippen molar-refractivity contribution in [3.63, 3.8) is 0 Å². The summed E-state index contributed by atoms with van der Waals surface area (Å²) in [7, 11) is 0. The van der Waals surface area contributed by atoms with Gasteiger partial charge in [-0.15, -0.1) is 0 Å². The Labute approximate surface area is 86.9 Å². The lowest BCUT2D eigenvalue weighted by Crippen LogP contribution is -2.19. The summed E-state index contributed by atoms with van der Waals surface area (Å²) in [6.07, 6.45) is -2.45. The van der Waals surface area contributed by atoms with E-state index < -0.39 is 53.8 Å². The largest absolute Gasteiger partial charge is 0.394 e. The molecule has 16 heavy (non-hydrogen) atoms. The van der Waals surface area contributed by atoms with Crippen molar-refractivity contribution in [1.29, 1.82) is 0 Å². The Hall–Kier alpha value is -1.21. The highest BCUT2D eigenvalue weighted by Gasteiger charge is 2.26. The molecule has 7 heteroatoms. The number of aliphatic hydroxyl groups excluding tert-OH is 2. The summed E-state index contributed by atoms with van der Waals surface area (Å²) in [5.41, 5.74) is -1.14. The molecular weight excluding hydrogens is 235 g/mol. The van der Waals surface area contributed by atoms with Gasteiger partial charge in [0, 0.05) is 12.0 Å². The Balaban J connectivity index is 3.28. The van der Waals surface area contributed by atoms with Crippen LogP contribution >= 0.6 is 0 Å². The minimum atomic E-state index is -2.25. The molecule has 1 aromatic carbocycles. The van der Waals surface area contributed by atoms with Crippen molar-refractivity contribution >= 4 is 0 Å². The van der Waals surface area contributed by atoms with Gasteiger partial charge < -0.3 is 10.2 Å². The average Bonchev–Trinajstić information content (AvgIpc) is 2.29. The third kappa shape index (κ3) is 2.14. The highest BCUT2D eigenvalue weighted by atomic mass is 19.2. The van der Waals surface area contributed by atoms with E-state index in [-0.39, 0.29) is 0 Å². The molecule has 0 saturated heterocycles. The minimum Gasteiger partial charge on any atom is -0.394 e. The van der Waals surface area contributed by atoms with Crippen molar-refractivity contribution < 1.29 is 32.2 Å². The molecule has 0 aliphatic carbocycles. The molecule has 0 fully saturated rings. The first-order valence-corrected chi connectivity index (χ1v) is 4.19. The van der Waals surface area contributed by atoms with Gasteiger partial charge in [0.05, 0.1) is 12.7 Å². The molecule has 0 saturated carbocycles. The highest BCUT2D eigenvalue weighted by Crippen LogP contribution is 2.23. The first-order chi connectivity index (χ1) is 7.40. The lowest BCUT2D eigenvalue weighted by molar-refractivity contribution is 0.0935. The van der Waals surface area contributed by atoms with E-state index in [0.29, 0.717) is 0 Å². The van der Waals surface area contributed by atoms with Gasteiger partial charge in [-0.2, -0.15) is 0 Å². The van der Waals surface area contributed by atoms with Crippen molar-refractivity contribution in [1.82, 2.24) is 0 Å². The summed E-state index contributed by atoms with van der Waals surface area (Å²) in [6, 6.07) is 0. The van der Waals surface area contributed by atoms with Crippen LogP contribution in [0.15, 0.2) is 0 Å². The molecule has 0 spiro atoms. The van der Waals surface area contributed by atoms with Crippen LogP contribution in [0.2, 0.25) is 0 Å². The van der Waals surface area contributed by atoms with Crippen molar-refractivity contribution in [3.05, 3.63) is 34.6 Å². The van der Waals surface area contributed by atoms with Crippen molar-refractivity contribution in [2.75, 3.05) is 6.61 Å². The molecule has 0 radical (unpaired) electrons. The van der Waals surface area contributed by atoms with Crippen LogP contribution in [0, 0.1) is 29.1 Å². The van der Waals surface area contributed by atoms with E-state index in [9.17, 15) is 22.0 Å². The van der Waals surface area contributed by atoms with Gasteiger partial charge in [-0.3, -0.25) is 0 Å². The summed E-state index contributed by atoms with van der Waals surface area (Å²) in [5.74, 6) is -10.4. The fraction of sp³-hybridized carbons (Fsp3) is 0.333. The molecule has 0 aromatic heterocycles. The van der Waals surface area contributed by atoms with Crippen molar-refractivity contribution in [3.8, 4) is 0 Å². The maximum atomic E-state index is 13.0. The number of benzene rings is 1. The maximum absolute atomic E-state index is 13.0. The summed E-state index contributed by atoms with van der Waals surface area (Å²) in [5, 5.41) is 17.3. The fourth-order valence-corrected chi connectivity index (χ4v) is 1.13. The van der Waals surface area contributed by atoms with Crippen LogP contribution < -0.4 is 0 Å². The van der Waals surface area contributed by atoms with Gasteiger partial charge in [-0.25, -0.2) is 22.0 Å². The van der Waals surface area contributed by atoms with E-state index >= 15 is 0 Å². The van der Waals surface area contributed by atoms with Gasteiger partial charge >= 0.3 is 0 Å². The number of hydrogen-bond acceptors (Lipinski definition) is 2. The average molecular weight is 242 g/mol. The Morgan fingerprint density at radius 3 is 1.56 bits per heavy atom. The number of hydrogen-bond donors (Lipinski definition) is 2. The summed E-state index contributed by atoms with van der Waals surface area (Å²) < 4.78 is 63.9. The van der Waals surface area contributed by atoms with E-state index in [0.717, 1.165) is 0 Å². The normalized spacial score (nSPS) is 12.9. The van der Waals surface area contributed by atoms with E-state index in [1.54, 1.807) is 0 Å². The first kappa shape index (κ1) is 12.9. The summed E-state index contributed by atoms with van der Waals surface area (Å²) in [4.78, 5) is 0. The number of halogens is 5. The molecule has 2 nitrogen and oxygen atoms in total. The zero-order valence-electron chi connectivity index (χ0n) is 7.78. The molecule has 0 aliphatic heterocycles. The highest BCUT2D eigenvalue weighted by molar-refractivity contribution is 5.24. The van der Waals surface area contributed by atoms with Crippen LogP contribution in [0.4, 0.5) is 22.0 Å². The van der Waals surface area contributed by atoms with Crippen molar-refractivity contribution in [2.45, 2.75) is 12.5 Å². The molecular formula is C9H7F5O2. The quantitative estimate of drug-likeness (QED) is 0.476. The van der Waals surface area contributed by atoms with E-state index in [1.807, 2.05) is 0 Å². The van der Waals surface area contributed by atoms with Gasteiger partial charge in [-0.1, -0.05) is 0 Å². The lowest BCUT2D eigenvalue weighted by atomic mass is 10.1.